The van der Waals surface area contributed by atoms with Crippen LogP contribution in [0.5, 0.6) is 0 Å². The molecule has 1 fully saturated rings. The van der Waals surface area contributed by atoms with Gasteiger partial charge >= 0.3 is 5.97 Å². The average molecular weight is 357 g/mol. The summed E-state index contributed by atoms with van der Waals surface area (Å²) in [5.74, 6) is -0.623. The Morgan fingerprint density at radius 2 is 2.12 bits per heavy atom. The highest BCUT2D eigenvalue weighted by Crippen LogP contribution is 2.23. The Balaban J connectivity index is 1.47. The molecule has 7 heteroatoms. The van der Waals surface area contributed by atoms with Crippen LogP contribution in [-0.4, -0.2) is 41.5 Å². The number of rotatable bonds is 7. The lowest BCUT2D eigenvalue weighted by molar-refractivity contribution is -0.133. The van der Waals surface area contributed by atoms with Crippen LogP contribution < -0.4 is 5.32 Å². The number of aromatic nitrogens is 1. The van der Waals surface area contributed by atoms with Gasteiger partial charge in [-0.3, -0.25) is 4.79 Å². The van der Waals surface area contributed by atoms with Crippen molar-refractivity contribution in [3.05, 3.63) is 59.5 Å². The van der Waals surface area contributed by atoms with Gasteiger partial charge in [0.05, 0.1) is 5.56 Å². The second-order valence-electron chi connectivity index (χ2n) is 6.31. The number of ether oxygens (including phenoxy) is 1. The fourth-order valence-electron chi connectivity index (χ4n) is 2.35. The summed E-state index contributed by atoms with van der Waals surface area (Å²) in [4.78, 5) is 29.6. The zero-order chi connectivity index (χ0) is 18.5. The second kappa shape index (κ2) is 7.95. The molecular formula is C19H20FN3O3. The first-order chi connectivity index (χ1) is 12.5. The Kier molecular flexibility index (Phi) is 5.46. The lowest BCUT2D eigenvalue weighted by Crippen LogP contribution is -2.30. The number of amides is 1. The van der Waals surface area contributed by atoms with Crippen molar-refractivity contribution in [1.29, 1.82) is 0 Å². The molecule has 1 N–H and O–H groups in total. The smallest absolute Gasteiger partial charge is 0.340 e. The van der Waals surface area contributed by atoms with Gasteiger partial charge in [0, 0.05) is 25.8 Å². The number of halogens is 1. The Morgan fingerprint density at radius 3 is 2.77 bits per heavy atom. The first-order valence-corrected chi connectivity index (χ1v) is 8.39. The number of carbonyl (C=O) groups excluding carboxylic acids is 2. The number of pyridine rings is 1. The van der Waals surface area contributed by atoms with E-state index < -0.39 is 5.97 Å². The summed E-state index contributed by atoms with van der Waals surface area (Å²) >= 11 is 0. The highest BCUT2D eigenvalue weighted by Gasteiger charge is 2.21. The zero-order valence-corrected chi connectivity index (χ0v) is 14.4. The van der Waals surface area contributed by atoms with Crippen LogP contribution in [0.3, 0.4) is 0 Å². The molecular weight excluding hydrogens is 337 g/mol. The predicted molar refractivity (Wildman–Crippen MR) is 94.0 cm³/mol. The van der Waals surface area contributed by atoms with Gasteiger partial charge in [-0.15, -0.1) is 0 Å². The first-order valence-electron chi connectivity index (χ1n) is 8.39. The van der Waals surface area contributed by atoms with Crippen LogP contribution >= 0.6 is 0 Å². The average Bonchev–Trinajstić information content (AvgIpc) is 3.44. The van der Waals surface area contributed by atoms with Gasteiger partial charge in [0.2, 0.25) is 0 Å². The lowest BCUT2D eigenvalue weighted by atomic mass is 10.2. The molecule has 2 aromatic rings. The van der Waals surface area contributed by atoms with E-state index in [1.807, 2.05) is 0 Å². The van der Waals surface area contributed by atoms with Crippen molar-refractivity contribution < 1.29 is 18.7 Å². The summed E-state index contributed by atoms with van der Waals surface area (Å²) in [6.45, 7) is -0.149. The molecule has 0 atom stereocenters. The Morgan fingerprint density at radius 1 is 1.31 bits per heavy atom. The van der Waals surface area contributed by atoms with Crippen LogP contribution in [0.15, 0.2) is 42.6 Å². The number of hydrogen-bond acceptors (Lipinski definition) is 5. The number of carbonyl (C=O) groups is 2. The summed E-state index contributed by atoms with van der Waals surface area (Å²) in [7, 11) is 1.57. The normalized spacial score (nSPS) is 13.2. The lowest BCUT2D eigenvalue weighted by Gasteiger charge is -2.17. The minimum absolute atomic E-state index is 0.233. The maximum Gasteiger partial charge on any atom is 0.340 e. The molecule has 26 heavy (non-hydrogen) atoms. The third-order valence-electron chi connectivity index (χ3n) is 3.99. The number of benzene rings is 1. The summed E-state index contributed by atoms with van der Waals surface area (Å²) in [5, 5.41) is 3.22. The molecule has 0 unspecified atom stereocenters. The third kappa shape index (κ3) is 5.02. The monoisotopic (exact) mass is 357 g/mol. The number of anilines is 1. The molecule has 3 rings (SSSR count). The van der Waals surface area contributed by atoms with Crippen LogP contribution in [0, 0.1) is 5.82 Å². The van der Waals surface area contributed by atoms with Gasteiger partial charge in [-0.1, -0.05) is 12.1 Å². The summed E-state index contributed by atoms with van der Waals surface area (Å²) in [6, 6.07) is 9.81. The van der Waals surface area contributed by atoms with Gasteiger partial charge < -0.3 is 15.0 Å². The highest BCUT2D eigenvalue weighted by molar-refractivity contribution is 5.91. The molecule has 1 saturated carbocycles. The van der Waals surface area contributed by atoms with Crippen molar-refractivity contribution >= 4 is 17.7 Å². The van der Waals surface area contributed by atoms with Gasteiger partial charge in [0.15, 0.2) is 6.61 Å². The molecule has 0 saturated heterocycles. The predicted octanol–water partition coefficient (Wildman–Crippen LogP) is 2.61. The van der Waals surface area contributed by atoms with Gasteiger partial charge in [-0.25, -0.2) is 14.2 Å². The molecule has 0 radical (unpaired) electrons. The largest absolute Gasteiger partial charge is 0.452 e. The van der Waals surface area contributed by atoms with E-state index in [9.17, 15) is 14.0 Å². The second-order valence-corrected chi connectivity index (χ2v) is 6.31. The Labute approximate surface area is 151 Å². The van der Waals surface area contributed by atoms with Crippen molar-refractivity contribution in [1.82, 2.24) is 9.88 Å². The highest BCUT2D eigenvalue weighted by atomic mass is 19.1. The standard InChI is InChI=1S/C19H20FN3O3/c1-23(11-13-3-2-4-15(20)9-13)18(24)12-26-19(25)14-5-8-17(21-10-14)22-16-6-7-16/h2-5,8-10,16H,6-7,11-12H2,1H3,(H,21,22). The van der Waals surface area contributed by atoms with Crippen molar-refractivity contribution in [2.24, 2.45) is 0 Å². The number of hydrogen-bond donors (Lipinski definition) is 1. The van der Waals surface area contributed by atoms with E-state index in [4.69, 9.17) is 4.74 Å². The zero-order valence-electron chi connectivity index (χ0n) is 14.4. The number of likely N-dealkylation sites (N-methyl/N-ethyl adjacent to an activating group) is 1. The summed E-state index contributed by atoms with van der Waals surface area (Å²) in [6.07, 6.45) is 3.70. The molecule has 1 aromatic heterocycles. The molecule has 6 nitrogen and oxygen atoms in total. The van der Waals surface area contributed by atoms with E-state index in [0.717, 1.165) is 18.7 Å². The minimum Gasteiger partial charge on any atom is -0.452 e. The molecule has 0 bridgehead atoms. The fourth-order valence-corrected chi connectivity index (χ4v) is 2.35. The molecule has 136 valence electrons. The Hall–Kier alpha value is -2.96. The van der Waals surface area contributed by atoms with E-state index in [1.165, 1.54) is 23.2 Å². The van der Waals surface area contributed by atoms with Crippen LogP contribution in [-0.2, 0) is 16.1 Å². The minimum atomic E-state index is -0.608. The summed E-state index contributed by atoms with van der Waals surface area (Å²) < 4.78 is 18.2. The number of esters is 1. The Bertz CT molecular complexity index is 791. The van der Waals surface area contributed by atoms with Crippen molar-refractivity contribution in [3.8, 4) is 0 Å². The number of nitrogens with one attached hydrogen (secondary N) is 1. The van der Waals surface area contributed by atoms with Gasteiger partial charge in [0.1, 0.15) is 11.6 Å². The molecule has 0 spiro atoms. The van der Waals surface area contributed by atoms with Crippen LogP contribution in [0.1, 0.15) is 28.8 Å². The molecule has 1 aliphatic rings. The van der Waals surface area contributed by atoms with E-state index in [2.05, 4.69) is 10.3 Å². The first kappa shape index (κ1) is 17.8. The van der Waals surface area contributed by atoms with Gasteiger partial charge in [-0.05, 0) is 42.7 Å². The van der Waals surface area contributed by atoms with E-state index in [0.29, 0.717) is 11.6 Å². The quantitative estimate of drug-likeness (QED) is 0.771. The topological polar surface area (TPSA) is 71.5 Å². The molecule has 1 amide bonds. The van der Waals surface area contributed by atoms with Gasteiger partial charge in [0.25, 0.3) is 5.91 Å². The molecule has 1 aromatic carbocycles. The maximum atomic E-state index is 13.2. The number of nitrogens with zero attached hydrogens (tertiary/aromatic N) is 2. The van der Waals surface area contributed by atoms with Crippen molar-refractivity contribution in [2.45, 2.75) is 25.4 Å². The van der Waals surface area contributed by atoms with Crippen LogP contribution in [0.25, 0.3) is 0 Å². The molecule has 1 heterocycles. The molecule has 0 aliphatic heterocycles. The molecule has 1 aliphatic carbocycles. The maximum absolute atomic E-state index is 13.2. The van der Waals surface area contributed by atoms with Crippen molar-refractivity contribution in [3.63, 3.8) is 0 Å². The van der Waals surface area contributed by atoms with Crippen LogP contribution in [0.4, 0.5) is 10.2 Å². The fraction of sp³-hybridized carbons (Fsp3) is 0.316. The van der Waals surface area contributed by atoms with E-state index in [1.54, 1.807) is 31.3 Å². The van der Waals surface area contributed by atoms with E-state index >= 15 is 0 Å². The van der Waals surface area contributed by atoms with E-state index in [-0.39, 0.29) is 30.4 Å². The van der Waals surface area contributed by atoms with Gasteiger partial charge in [-0.2, -0.15) is 0 Å². The van der Waals surface area contributed by atoms with Crippen LogP contribution in [0.2, 0.25) is 0 Å². The summed E-state index contributed by atoms with van der Waals surface area (Å²) in [5.41, 5.74) is 0.946. The van der Waals surface area contributed by atoms with Crippen molar-refractivity contribution in [2.75, 3.05) is 19.0 Å². The third-order valence-corrected chi connectivity index (χ3v) is 3.99. The SMILES string of the molecule is CN(Cc1cccc(F)c1)C(=O)COC(=O)c1ccc(NC2CC2)nc1.